The number of hydrogen-bond donors (Lipinski definition) is 1. The quantitative estimate of drug-likeness (QED) is 0.309. The molecule has 0 atom stereocenters. The van der Waals surface area contributed by atoms with Gasteiger partial charge in [-0.2, -0.15) is 0 Å². The molecule has 1 aromatic heterocycles. The van der Waals surface area contributed by atoms with E-state index < -0.39 is 24.4 Å². The minimum Gasteiger partial charge on any atom is -0.487 e. The number of aromatic nitrogens is 1. The molecule has 0 aliphatic rings. The van der Waals surface area contributed by atoms with Crippen LogP contribution in [0.2, 0.25) is 0 Å². The number of ether oxygens (including phenoxy) is 2. The Morgan fingerprint density at radius 2 is 1.70 bits per heavy atom. The highest BCUT2D eigenvalue weighted by Gasteiger charge is 2.20. The van der Waals surface area contributed by atoms with Gasteiger partial charge in [-0.05, 0) is 55.3 Å². The van der Waals surface area contributed by atoms with Gasteiger partial charge in [0.15, 0.2) is 0 Å². The van der Waals surface area contributed by atoms with Crippen LogP contribution in [0.5, 0.6) is 11.5 Å². The fourth-order valence-corrected chi connectivity index (χ4v) is 3.48. The second-order valence-corrected chi connectivity index (χ2v) is 8.35. The summed E-state index contributed by atoms with van der Waals surface area (Å²) >= 11 is 0. The third-order valence-corrected chi connectivity index (χ3v) is 5.52. The number of oxazole rings is 1. The third-order valence-electron chi connectivity index (χ3n) is 5.52. The lowest BCUT2D eigenvalue weighted by Crippen LogP contribution is -2.37. The van der Waals surface area contributed by atoms with Crippen molar-refractivity contribution in [2.45, 2.75) is 27.0 Å². The van der Waals surface area contributed by atoms with Crippen molar-refractivity contribution in [1.29, 1.82) is 0 Å². The highest BCUT2D eigenvalue weighted by Crippen LogP contribution is 2.23. The van der Waals surface area contributed by atoms with E-state index in [0.717, 1.165) is 16.5 Å². The number of carboxylic acid groups (broad SMARTS) is 1. The Morgan fingerprint density at radius 3 is 2.38 bits per heavy atom. The minimum absolute atomic E-state index is 0.00851. The fourth-order valence-electron chi connectivity index (χ4n) is 3.48. The Balaban J connectivity index is 1.38. The standard InChI is InChI=1S/C28H25FN2O6/c1-18-8-11-23(14-24(18)29)37-28(34)31(16-26(32)33)15-20-9-12-22(13-10-20)35-17-25-19(2)36-27(30-25)21-6-4-3-5-7-21/h3-14H,15-17H2,1-2H3,(H,32,33). The molecule has 9 heteroatoms. The van der Waals surface area contributed by atoms with Crippen LogP contribution in [0.15, 0.2) is 77.2 Å². The van der Waals surface area contributed by atoms with E-state index in [2.05, 4.69) is 4.98 Å². The van der Waals surface area contributed by atoms with Gasteiger partial charge in [0.1, 0.15) is 41.9 Å². The first-order chi connectivity index (χ1) is 17.8. The van der Waals surface area contributed by atoms with Gasteiger partial charge in [-0.25, -0.2) is 14.2 Å². The van der Waals surface area contributed by atoms with Crippen molar-refractivity contribution >= 4 is 12.1 Å². The van der Waals surface area contributed by atoms with Crippen molar-refractivity contribution in [1.82, 2.24) is 9.88 Å². The van der Waals surface area contributed by atoms with E-state index in [0.29, 0.717) is 34.2 Å². The second-order valence-electron chi connectivity index (χ2n) is 8.35. The molecule has 0 spiro atoms. The zero-order valence-electron chi connectivity index (χ0n) is 20.3. The van der Waals surface area contributed by atoms with E-state index in [9.17, 15) is 19.1 Å². The summed E-state index contributed by atoms with van der Waals surface area (Å²) in [4.78, 5) is 29.4. The van der Waals surface area contributed by atoms with E-state index in [1.807, 2.05) is 37.3 Å². The van der Waals surface area contributed by atoms with Gasteiger partial charge < -0.3 is 19.0 Å². The highest BCUT2D eigenvalue weighted by atomic mass is 19.1. The molecule has 1 N–H and O–H groups in total. The van der Waals surface area contributed by atoms with Crippen LogP contribution in [0.3, 0.4) is 0 Å². The second kappa shape index (κ2) is 11.4. The maximum Gasteiger partial charge on any atom is 0.416 e. The van der Waals surface area contributed by atoms with Gasteiger partial charge in [-0.1, -0.05) is 36.4 Å². The molecule has 0 aliphatic carbocycles. The summed E-state index contributed by atoms with van der Waals surface area (Å²) in [5, 5.41) is 9.23. The first kappa shape index (κ1) is 25.4. The fraction of sp³-hybridized carbons (Fsp3) is 0.179. The minimum atomic E-state index is -1.20. The number of aryl methyl sites for hydroxylation is 2. The van der Waals surface area contributed by atoms with Crippen molar-refractivity contribution < 1.29 is 33.0 Å². The lowest BCUT2D eigenvalue weighted by molar-refractivity contribution is -0.138. The maximum absolute atomic E-state index is 13.8. The van der Waals surface area contributed by atoms with Crippen molar-refractivity contribution in [2.24, 2.45) is 0 Å². The highest BCUT2D eigenvalue weighted by molar-refractivity contribution is 5.78. The molecular weight excluding hydrogens is 479 g/mol. The van der Waals surface area contributed by atoms with Crippen LogP contribution in [-0.4, -0.2) is 33.6 Å². The van der Waals surface area contributed by atoms with Crippen molar-refractivity contribution in [3.05, 3.63) is 101 Å². The number of carbonyl (C=O) groups excluding carboxylic acids is 1. The van der Waals surface area contributed by atoms with E-state index in [-0.39, 0.29) is 18.9 Å². The molecule has 0 saturated carbocycles. The van der Waals surface area contributed by atoms with E-state index in [1.54, 1.807) is 31.2 Å². The summed E-state index contributed by atoms with van der Waals surface area (Å²) in [6.45, 7) is 3.00. The summed E-state index contributed by atoms with van der Waals surface area (Å²) in [7, 11) is 0. The smallest absolute Gasteiger partial charge is 0.416 e. The molecule has 1 heterocycles. The number of benzene rings is 3. The number of hydrogen-bond acceptors (Lipinski definition) is 6. The molecule has 0 unspecified atom stereocenters. The molecule has 0 radical (unpaired) electrons. The lowest BCUT2D eigenvalue weighted by Gasteiger charge is -2.20. The van der Waals surface area contributed by atoms with Crippen LogP contribution in [-0.2, 0) is 17.9 Å². The molecule has 37 heavy (non-hydrogen) atoms. The van der Waals surface area contributed by atoms with Crippen molar-refractivity contribution in [2.75, 3.05) is 6.54 Å². The molecule has 0 saturated heterocycles. The molecule has 1 amide bonds. The summed E-state index contributed by atoms with van der Waals surface area (Å²) in [5.74, 6) is 0.00548. The Bertz CT molecular complexity index is 1390. The number of aliphatic carboxylic acids is 1. The Morgan fingerprint density at radius 1 is 1.00 bits per heavy atom. The molecular formula is C28H25FN2O6. The molecule has 8 nitrogen and oxygen atoms in total. The third kappa shape index (κ3) is 6.72. The van der Waals surface area contributed by atoms with Crippen LogP contribution in [0.25, 0.3) is 11.5 Å². The first-order valence-electron chi connectivity index (χ1n) is 11.5. The van der Waals surface area contributed by atoms with E-state index >= 15 is 0 Å². The first-order valence-corrected chi connectivity index (χ1v) is 11.5. The lowest BCUT2D eigenvalue weighted by atomic mass is 10.2. The molecule has 190 valence electrons. The monoisotopic (exact) mass is 504 g/mol. The molecule has 4 rings (SSSR count). The van der Waals surface area contributed by atoms with Gasteiger partial charge in [-0.15, -0.1) is 0 Å². The van der Waals surface area contributed by atoms with E-state index in [4.69, 9.17) is 13.9 Å². The molecule has 0 aliphatic heterocycles. The zero-order valence-corrected chi connectivity index (χ0v) is 20.3. The number of nitrogens with zero attached hydrogens (tertiary/aromatic N) is 2. The zero-order chi connectivity index (χ0) is 26.4. The molecule has 3 aromatic carbocycles. The number of rotatable bonds is 9. The average Bonchev–Trinajstić information content (AvgIpc) is 3.26. The Kier molecular flexibility index (Phi) is 7.83. The topological polar surface area (TPSA) is 102 Å². The van der Waals surface area contributed by atoms with Gasteiger partial charge in [0, 0.05) is 18.2 Å². The predicted molar refractivity (Wildman–Crippen MR) is 133 cm³/mol. The molecule has 0 bridgehead atoms. The predicted octanol–water partition coefficient (Wildman–Crippen LogP) is 5.76. The van der Waals surface area contributed by atoms with E-state index in [1.165, 1.54) is 12.1 Å². The number of halogens is 1. The number of carboxylic acids is 1. The summed E-state index contributed by atoms with van der Waals surface area (Å²) < 4.78 is 30.6. The number of carbonyl (C=O) groups is 2. The van der Waals surface area contributed by atoms with Gasteiger partial charge in [-0.3, -0.25) is 9.69 Å². The SMILES string of the molecule is Cc1ccc(OC(=O)N(CC(=O)O)Cc2ccc(OCc3nc(-c4ccccc4)oc3C)cc2)cc1F. The summed E-state index contributed by atoms with van der Waals surface area (Å²) in [6, 6.07) is 20.4. The Hall–Kier alpha value is -4.66. The summed E-state index contributed by atoms with van der Waals surface area (Å²) in [6.07, 6.45) is -0.901. The average molecular weight is 505 g/mol. The van der Waals surface area contributed by atoms with Crippen molar-refractivity contribution in [3.8, 4) is 23.0 Å². The maximum atomic E-state index is 13.8. The van der Waals surface area contributed by atoms with Gasteiger partial charge in [0.05, 0.1) is 0 Å². The molecule has 0 fully saturated rings. The largest absolute Gasteiger partial charge is 0.487 e. The van der Waals surface area contributed by atoms with Crippen LogP contribution < -0.4 is 9.47 Å². The summed E-state index contributed by atoms with van der Waals surface area (Å²) in [5.41, 5.74) is 2.61. The van der Waals surface area contributed by atoms with Gasteiger partial charge >= 0.3 is 12.1 Å². The van der Waals surface area contributed by atoms with Crippen LogP contribution in [0.4, 0.5) is 9.18 Å². The van der Waals surface area contributed by atoms with Gasteiger partial charge in [0.2, 0.25) is 5.89 Å². The number of amides is 1. The Labute approximate surface area is 212 Å². The molecule has 4 aromatic rings. The van der Waals surface area contributed by atoms with Crippen LogP contribution in [0.1, 0.15) is 22.6 Å². The van der Waals surface area contributed by atoms with Crippen molar-refractivity contribution in [3.63, 3.8) is 0 Å². The van der Waals surface area contributed by atoms with Gasteiger partial charge in [0.25, 0.3) is 0 Å². The van der Waals surface area contributed by atoms with Crippen LogP contribution in [0, 0.1) is 19.7 Å². The normalized spacial score (nSPS) is 10.7. The van der Waals surface area contributed by atoms with Crippen LogP contribution >= 0.6 is 0 Å².